The number of halogens is 1. The molecule has 0 bridgehead atoms. The molecule has 1 amide bonds. The summed E-state index contributed by atoms with van der Waals surface area (Å²) in [6, 6.07) is 14.5. The molecule has 0 aromatic heterocycles. The predicted molar refractivity (Wildman–Crippen MR) is 101 cm³/mol. The van der Waals surface area contributed by atoms with Crippen molar-refractivity contribution in [2.45, 2.75) is 12.5 Å². The van der Waals surface area contributed by atoms with Gasteiger partial charge in [-0.05, 0) is 55.4 Å². The topological polar surface area (TPSA) is 26.8 Å². The summed E-state index contributed by atoms with van der Waals surface area (Å²) in [5.74, 6) is -0.194. The van der Waals surface area contributed by atoms with Gasteiger partial charge in [-0.3, -0.25) is 4.79 Å². The first-order chi connectivity index (χ1) is 12.6. The van der Waals surface area contributed by atoms with Crippen molar-refractivity contribution in [2.24, 2.45) is 0 Å². The summed E-state index contributed by atoms with van der Waals surface area (Å²) < 4.78 is 13.1. The second-order valence-electron chi connectivity index (χ2n) is 7.19. The van der Waals surface area contributed by atoms with Crippen LogP contribution in [0.15, 0.2) is 48.5 Å². The summed E-state index contributed by atoms with van der Waals surface area (Å²) >= 11 is 0. The number of anilines is 1. The number of amides is 1. The Bertz CT molecular complexity index is 767. The average molecular weight is 353 g/mol. The van der Waals surface area contributed by atoms with E-state index >= 15 is 0 Å². The van der Waals surface area contributed by atoms with Gasteiger partial charge in [-0.25, -0.2) is 4.39 Å². The van der Waals surface area contributed by atoms with E-state index in [0.717, 1.165) is 50.3 Å². The molecule has 2 heterocycles. The minimum Gasteiger partial charge on any atom is -0.369 e. The van der Waals surface area contributed by atoms with Gasteiger partial charge in [0.25, 0.3) is 5.91 Å². The minimum absolute atomic E-state index is 0.0514. The van der Waals surface area contributed by atoms with Crippen LogP contribution in [0.4, 0.5) is 10.1 Å². The van der Waals surface area contributed by atoms with Crippen LogP contribution in [0.3, 0.4) is 0 Å². The molecule has 0 N–H and O–H groups in total. The number of piperazine rings is 1. The lowest BCUT2D eigenvalue weighted by molar-refractivity contribution is 0.0460. The Labute approximate surface area is 153 Å². The molecule has 2 saturated heterocycles. The first-order valence-electron chi connectivity index (χ1n) is 9.22. The molecule has 0 saturated carbocycles. The fourth-order valence-electron chi connectivity index (χ4n) is 3.71. The van der Waals surface area contributed by atoms with Crippen LogP contribution in [0.2, 0.25) is 0 Å². The van der Waals surface area contributed by atoms with Gasteiger partial charge in [0.05, 0.1) is 6.04 Å². The Hall–Kier alpha value is -2.40. The van der Waals surface area contributed by atoms with Crippen molar-refractivity contribution in [2.75, 3.05) is 44.7 Å². The van der Waals surface area contributed by atoms with Gasteiger partial charge in [0, 0.05) is 44.0 Å². The highest BCUT2D eigenvalue weighted by Crippen LogP contribution is 2.34. The fraction of sp³-hybridized carbons (Fsp3) is 0.381. The highest BCUT2D eigenvalue weighted by Gasteiger charge is 2.33. The SMILES string of the molecule is CN1CCN(c2ccc(C(=O)N3CCC3c3ccc(F)cc3)cc2)CC1. The van der Waals surface area contributed by atoms with Crippen LogP contribution in [0.25, 0.3) is 0 Å². The first-order valence-corrected chi connectivity index (χ1v) is 9.22. The number of likely N-dealkylation sites (N-methyl/N-ethyl adjacent to an activating group) is 1. The minimum atomic E-state index is -0.245. The molecule has 2 aliphatic heterocycles. The van der Waals surface area contributed by atoms with E-state index in [-0.39, 0.29) is 17.8 Å². The Morgan fingerprint density at radius 1 is 0.923 bits per heavy atom. The summed E-state index contributed by atoms with van der Waals surface area (Å²) in [4.78, 5) is 19.4. The number of carbonyl (C=O) groups is 1. The zero-order valence-corrected chi connectivity index (χ0v) is 15.1. The summed E-state index contributed by atoms with van der Waals surface area (Å²) in [5, 5.41) is 0. The van der Waals surface area contributed by atoms with E-state index in [1.165, 1.54) is 17.8 Å². The summed E-state index contributed by atoms with van der Waals surface area (Å²) in [7, 11) is 2.14. The van der Waals surface area contributed by atoms with Gasteiger partial charge in [0.1, 0.15) is 5.82 Å². The molecular formula is C21H24FN3O. The molecule has 2 aliphatic rings. The number of rotatable bonds is 3. The molecule has 1 unspecified atom stereocenters. The zero-order valence-electron chi connectivity index (χ0n) is 15.1. The Morgan fingerprint density at radius 3 is 2.15 bits per heavy atom. The van der Waals surface area contributed by atoms with E-state index in [2.05, 4.69) is 16.8 Å². The van der Waals surface area contributed by atoms with Crippen molar-refractivity contribution in [3.05, 3.63) is 65.5 Å². The van der Waals surface area contributed by atoms with E-state index in [1.807, 2.05) is 29.2 Å². The maximum absolute atomic E-state index is 13.1. The molecule has 4 rings (SSSR count). The van der Waals surface area contributed by atoms with Crippen LogP contribution in [0, 0.1) is 5.82 Å². The monoisotopic (exact) mass is 353 g/mol. The molecular weight excluding hydrogens is 329 g/mol. The maximum atomic E-state index is 13.1. The lowest BCUT2D eigenvalue weighted by Crippen LogP contribution is -2.45. The third-order valence-corrected chi connectivity index (χ3v) is 5.52. The second-order valence-corrected chi connectivity index (χ2v) is 7.19. The number of benzene rings is 2. The van der Waals surface area contributed by atoms with Crippen molar-refractivity contribution < 1.29 is 9.18 Å². The van der Waals surface area contributed by atoms with Gasteiger partial charge < -0.3 is 14.7 Å². The lowest BCUT2D eigenvalue weighted by Gasteiger charge is -2.41. The van der Waals surface area contributed by atoms with Crippen LogP contribution < -0.4 is 4.90 Å². The fourth-order valence-corrected chi connectivity index (χ4v) is 3.71. The molecule has 0 aliphatic carbocycles. The molecule has 26 heavy (non-hydrogen) atoms. The van der Waals surface area contributed by atoms with Gasteiger partial charge >= 0.3 is 0 Å². The smallest absolute Gasteiger partial charge is 0.254 e. The molecule has 4 nitrogen and oxygen atoms in total. The van der Waals surface area contributed by atoms with E-state index in [1.54, 1.807) is 12.1 Å². The van der Waals surface area contributed by atoms with E-state index in [0.29, 0.717) is 0 Å². The molecule has 2 fully saturated rings. The van der Waals surface area contributed by atoms with Crippen LogP contribution in [0.1, 0.15) is 28.4 Å². The first kappa shape index (κ1) is 17.0. The predicted octanol–water partition coefficient (Wildman–Crippen LogP) is 3.16. The van der Waals surface area contributed by atoms with Gasteiger partial charge in [-0.2, -0.15) is 0 Å². The zero-order chi connectivity index (χ0) is 18.1. The summed E-state index contributed by atoms with van der Waals surface area (Å²) in [5.41, 5.74) is 2.89. The van der Waals surface area contributed by atoms with Gasteiger partial charge in [-0.1, -0.05) is 12.1 Å². The van der Waals surface area contributed by atoms with E-state index in [9.17, 15) is 9.18 Å². The number of carbonyl (C=O) groups excluding carboxylic acids is 1. The Balaban J connectivity index is 1.44. The normalized spacial score (nSPS) is 20.8. The van der Waals surface area contributed by atoms with Gasteiger partial charge in [0.2, 0.25) is 0 Å². The second kappa shape index (κ2) is 7.08. The molecule has 0 spiro atoms. The van der Waals surface area contributed by atoms with Crippen molar-refractivity contribution in [1.29, 1.82) is 0 Å². The van der Waals surface area contributed by atoms with Crippen LogP contribution in [-0.2, 0) is 0 Å². The van der Waals surface area contributed by atoms with Crippen molar-refractivity contribution >= 4 is 11.6 Å². The average Bonchev–Trinajstić information content (AvgIpc) is 2.63. The summed E-state index contributed by atoms with van der Waals surface area (Å²) in [6.45, 7) is 4.91. The van der Waals surface area contributed by atoms with Crippen LogP contribution in [-0.4, -0.2) is 55.5 Å². The highest BCUT2D eigenvalue weighted by atomic mass is 19.1. The van der Waals surface area contributed by atoms with Crippen LogP contribution >= 0.6 is 0 Å². The molecule has 2 aromatic carbocycles. The molecule has 5 heteroatoms. The number of nitrogens with zero attached hydrogens (tertiary/aromatic N) is 3. The van der Waals surface area contributed by atoms with Crippen molar-refractivity contribution in [3.63, 3.8) is 0 Å². The highest BCUT2D eigenvalue weighted by molar-refractivity contribution is 5.95. The maximum Gasteiger partial charge on any atom is 0.254 e. The van der Waals surface area contributed by atoms with Crippen molar-refractivity contribution in [3.8, 4) is 0 Å². The quantitative estimate of drug-likeness (QED) is 0.848. The summed E-state index contributed by atoms with van der Waals surface area (Å²) in [6.07, 6.45) is 0.927. The van der Waals surface area contributed by atoms with E-state index < -0.39 is 0 Å². The Kier molecular flexibility index (Phi) is 4.64. The standard InChI is InChI=1S/C21H24FN3O/c1-23-12-14-24(15-13-23)19-8-4-17(5-9-19)21(26)25-11-10-20(25)16-2-6-18(22)7-3-16/h2-9,20H,10-15H2,1H3. The van der Waals surface area contributed by atoms with Crippen LogP contribution in [0.5, 0.6) is 0 Å². The van der Waals surface area contributed by atoms with E-state index in [4.69, 9.17) is 0 Å². The van der Waals surface area contributed by atoms with Crippen molar-refractivity contribution in [1.82, 2.24) is 9.80 Å². The number of hydrogen-bond donors (Lipinski definition) is 0. The molecule has 136 valence electrons. The number of likely N-dealkylation sites (tertiary alicyclic amines) is 1. The largest absolute Gasteiger partial charge is 0.369 e. The molecule has 0 radical (unpaired) electrons. The molecule has 2 aromatic rings. The number of hydrogen-bond acceptors (Lipinski definition) is 3. The Morgan fingerprint density at radius 2 is 1.58 bits per heavy atom. The lowest BCUT2D eigenvalue weighted by atomic mass is 9.93. The van der Waals surface area contributed by atoms with Gasteiger partial charge in [0.15, 0.2) is 0 Å². The third kappa shape index (κ3) is 3.31. The van der Waals surface area contributed by atoms with Gasteiger partial charge in [-0.15, -0.1) is 0 Å². The molecule has 1 atom stereocenters. The third-order valence-electron chi connectivity index (χ3n) is 5.52.